The van der Waals surface area contributed by atoms with Gasteiger partial charge in [0, 0.05) is 56.4 Å². The number of halogens is 3. The number of likely N-dealkylation sites (N-methyl/N-ethyl adjacent to an activating group) is 1. The van der Waals surface area contributed by atoms with Crippen LogP contribution in [0.5, 0.6) is 5.75 Å². The third kappa shape index (κ3) is 16.5. The molecule has 0 spiro atoms. The summed E-state index contributed by atoms with van der Waals surface area (Å²) in [5.41, 5.74) is 0.0868. The number of urea groups is 1. The summed E-state index contributed by atoms with van der Waals surface area (Å²) in [6.07, 6.45) is 11.5. The minimum absolute atomic E-state index is 0.0390. The third-order valence-corrected chi connectivity index (χ3v) is 5.12. The van der Waals surface area contributed by atoms with Crippen LogP contribution in [-0.2, 0) is 4.79 Å². The molecule has 0 atom stereocenters. The molecule has 0 aromatic carbocycles. The van der Waals surface area contributed by atoms with E-state index in [9.17, 15) is 27.6 Å². The number of nitrogens with one attached hydrogen (secondary N) is 4. The van der Waals surface area contributed by atoms with E-state index < -0.39 is 17.8 Å². The fraction of sp³-hybridized carbons (Fsp3) is 0.290. The number of aldehydes is 1. The molecule has 1 heterocycles. The smallest absolute Gasteiger partial charge is 0.418 e. The monoisotopic (exact) mass is 618 g/mol. The van der Waals surface area contributed by atoms with Gasteiger partial charge in [-0.3, -0.25) is 14.6 Å². The van der Waals surface area contributed by atoms with Crippen LogP contribution in [0.15, 0.2) is 102 Å². The zero-order valence-corrected chi connectivity index (χ0v) is 25.8. The Balaban J connectivity index is 0.000000761. The van der Waals surface area contributed by atoms with Crippen LogP contribution >= 0.6 is 0 Å². The highest BCUT2D eigenvalue weighted by atomic mass is 19.4. The maximum Gasteiger partial charge on any atom is 0.418 e. The Morgan fingerprint density at radius 3 is 2.45 bits per heavy atom. The van der Waals surface area contributed by atoms with Crippen LogP contribution in [0.3, 0.4) is 0 Å². The van der Waals surface area contributed by atoms with Crippen LogP contribution < -0.4 is 26.0 Å². The Hall–Kier alpha value is -4.91. The van der Waals surface area contributed by atoms with E-state index in [2.05, 4.69) is 32.8 Å². The first-order valence-electron chi connectivity index (χ1n) is 13.2. The molecule has 10 nitrogen and oxygen atoms in total. The Morgan fingerprint density at radius 2 is 1.93 bits per heavy atom. The van der Waals surface area contributed by atoms with Crippen molar-refractivity contribution < 1.29 is 32.3 Å². The summed E-state index contributed by atoms with van der Waals surface area (Å²) in [7, 11) is 8.44. The number of carbonyl (C=O) groups excluding carboxylic acids is 3. The number of pyridine rings is 1. The number of aromatic nitrogens is 1. The normalized spacial score (nSPS) is 13.1. The molecule has 1 aromatic heterocycles. The average molecular weight is 619 g/mol. The molecule has 240 valence electrons. The number of carbonyl (C=O) groups is 3. The van der Waals surface area contributed by atoms with Gasteiger partial charge >= 0.3 is 12.2 Å². The van der Waals surface area contributed by atoms with Crippen LogP contribution in [0.1, 0.15) is 23.8 Å². The van der Waals surface area contributed by atoms with Gasteiger partial charge in [0.05, 0.1) is 12.7 Å². The Labute approximate surface area is 256 Å². The first-order valence-corrected chi connectivity index (χ1v) is 13.2. The van der Waals surface area contributed by atoms with Crippen LogP contribution in [0.4, 0.5) is 18.0 Å². The molecule has 1 aromatic rings. The molecule has 0 unspecified atom stereocenters. The van der Waals surface area contributed by atoms with Crippen molar-refractivity contribution >= 4 is 18.2 Å². The van der Waals surface area contributed by atoms with Crippen molar-refractivity contribution in [2.45, 2.75) is 19.5 Å². The van der Waals surface area contributed by atoms with Gasteiger partial charge in [0.1, 0.15) is 17.7 Å². The van der Waals surface area contributed by atoms with Crippen molar-refractivity contribution in [3.8, 4) is 5.75 Å². The highest BCUT2D eigenvalue weighted by Crippen LogP contribution is 2.31. The molecule has 1 aliphatic carbocycles. The van der Waals surface area contributed by atoms with Gasteiger partial charge in [-0.15, -0.1) is 0 Å². The molecule has 0 fully saturated rings. The summed E-state index contributed by atoms with van der Waals surface area (Å²) in [5.74, 6) is 0.414. The van der Waals surface area contributed by atoms with E-state index in [1.165, 1.54) is 31.5 Å². The summed E-state index contributed by atoms with van der Waals surface area (Å²) in [6.45, 7) is 6.13. The van der Waals surface area contributed by atoms with Crippen molar-refractivity contribution in [1.82, 2.24) is 31.2 Å². The molecule has 0 radical (unpaired) electrons. The standard InChI is InChI=1S/C17H20F3N3O.C8H10N2O2.C6H11NO/c1-4-7-12(8-5-2)22-16(24)23-13-9-6-10-15(21-3)14(11-13)17(18,19)20;1-9-8(11)7-5-6(12-2)3-4-10-7;1-7(2)5-3-4-6-8/h4-9,11,21H,1,10H2,2-3H3,(H2,22,23,24);3-5H,1-2H3,(H,9,11);3-4,6H,5H2,1-2H3/b8-5-,12-7+;;4-3+. The van der Waals surface area contributed by atoms with Gasteiger partial charge in [0.25, 0.3) is 5.91 Å². The topological polar surface area (TPSA) is 125 Å². The number of methoxy groups -OCH3 is 1. The summed E-state index contributed by atoms with van der Waals surface area (Å²) >= 11 is 0. The zero-order valence-electron chi connectivity index (χ0n) is 25.8. The molecule has 2 rings (SSSR count). The molecule has 0 aliphatic heterocycles. The number of nitrogens with zero attached hydrogens (tertiary/aromatic N) is 2. The number of hydrogen-bond acceptors (Lipinski definition) is 7. The van der Waals surface area contributed by atoms with Gasteiger partial charge in [-0.1, -0.05) is 30.9 Å². The van der Waals surface area contributed by atoms with Crippen molar-refractivity contribution in [2.75, 3.05) is 41.8 Å². The lowest BCUT2D eigenvalue weighted by Gasteiger charge is -2.14. The molecule has 0 saturated heterocycles. The van der Waals surface area contributed by atoms with Crippen molar-refractivity contribution in [3.63, 3.8) is 0 Å². The van der Waals surface area contributed by atoms with Gasteiger partial charge in [-0.2, -0.15) is 13.2 Å². The summed E-state index contributed by atoms with van der Waals surface area (Å²) in [6, 6.07) is 2.62. The van der Waals surface area contributed by atoms with E-state index >= 15 is 0 Å². The van der Waals surface area contributed by atoms with Crippen LogP contribution in [0.25, 0.3) is 0 Å². The summed E-state index contributed by atoms with van der Waals surface area (Å²) in [5, 5.41) is 9.96. The third-order valence-electron chi connectivity index (χ3n) is 5.12. The Kier molecular flexibility index (Phi) is 19.3. The van der Waals surface area contributed by atoms with Crippen molar-refractivity contribution in [1.29, 1.82) is 0 Å². The summed E-state index contributed by atoms with van der Waals surface area (Å²) in [4.78, 5) is 38.6. The van der Waals surface area contributed by atoms with Crippen LogP contribution in [0, 0.1) is 0 Å². The number of hydrogen-bond donors (Lipinski definition) is 4. The lowest BCUT2D eigenvalue weighted by Crippen LogP contribution is -2.33. The lowest BCUT2D eigenvalue weighted by molar-refractivity contribution is -0.104. The minimum atomic E-state index is -4.52. The van der Waals surface area contributed by atoms with Crippen LogP contribution in [-0.4, -0.2) is 76.1 Å². The van der Waals surface area contributed by atoms with Gasteiger partial charge in [-0.25, -0.2) is 4.79 Å². The van der Waals surface area contributed by atoms with E-state index in [0.717, 1.165) is 18.9 Å². The second kappa shape index (κ2) is 21.7. The Morgan fingerprint density at radius 1 is 1.23 bits per heavy atom. The molecule has 0 saturated carbocycles. The van der Waals surface area contributed by atoms with E-state index in [-0.39, 0.29) is 23.7 Å². The summed E-state index contributed by atoms with van der Waals surface area (Å²) < 4.78 is 44.4. The van der Waals surface area contributed by atoms with Gasteiger partial charge < -0.3 is 30.9 Å². The molecule has 0 bridgehead atoms. The molecule has 4 N–H and O–H groups in total. The van der Waals surface area contributed by atoms with Gasteiger partial charge in [-0.05, 0) is 57.5 Å². The fourth-order valence-electron chi connectivity index (χ4n) is 3.13. The molecular formula is C31H41F3N6O4. The second-order valence-corrected chi connectivity index (χ2v) is 8.77. The first kappa shape index (κ1) is 39.1. The van der Waals surface area contributed by atoms with Crippen LogP contribution in [0.2, 0.25) is 0 Å². The minimum Gasteiger partial charge on any atom is -0.497 e. The largest absolute Gasteiger partial charge is 0.497 e. The number of rotatable bonds is 10. The molecule has 44 heavy (non-hydrogen) atoms. The van der Waals surface area contributed by atoms with E-state index in [4.69, 9.17) is 4.74 Å². The molecule has 3 amide bonds. The van der Waals surface area contributed by atoms with E-state index in [1.807, 2.05) is 25.1 Å². The van der Waals surface area contributed by atoms with E-state index in [1.54, 1.807) is 57.5 Å². The highest BCUT2D eigenvalue weighted by molar-refractivity contribution is 5.92. The highest BCUT2D eigenvalue weighted by Gasteiger charge is 2.35. The number of allylic oxidation sites excluding steroid dienone is 9. The maximum absolute atomic E-state index is 13.2. The predicted molar refractivity (Wildman–Crippen MR) is 167 cm³/mol. The molecular weight excluding hydrogens is 577 g/mol. The number of alkyl halides is 3. The first-order chi connectivity index (χ1) is 20.9. The average Bonchev–Trinajstić information content (AvgIpc) is 3.20. The van der Waals surface area contributed by atoms with Gasteiger partial charge in [0.2, 0.25) is 0 Å². The van der Waals surface area contributed by atoms with Crippen molar-refractivity contribution in [3.05, 3.63) is 108 Å². The SMILES string of the molecule is C=C/C=C(\C=C/C)NC(=O)NC1=CC(C(F)(F)F)=C(NC)CC=C1.CN(C)C/C=C/C=O.CNC(=O)c1cc(OC)ccn1. The predicted octanol–water partition coefficient (Wildman–Crippen LogP) is 4.56. The second-order valence-electron chi connectivity index (χ2n) is 8.77. The molecule has 13 heteroatoms. The number of ether oxygens (including phenoxy) is 1. The fourth-order valence-corrected chi connectivity index (χ4v) is 3.13. The molecule has 1 aliphatic rings. The maximum atomic E-state index is 13.2. The Bertz CT molecular complexity index is 1280. The zero-order chi connectivity index (χ0) is 33.5. The lowest BCUT2D eigenvalue weighted by atomic mass is 10.1. The quantitative estimate of drug-likeness (QED) is 0.172. The van der Waals surface area contributed by atoms with Crippen molar-refractivity contribution in [2.24, 2.45) is 0 Å². The van der Waals surface area contributed by atoms with Gasteiger partial charge in [0.15, 0.2) is 0 Å². The van der Waals surface area contributed by atoms with E-state index in [0.29, 0.717) is 17.1 Å². The number of amides is 3.